The third kappa shape index (κ3) is 3.91. The molecule has 6 nitrogen and oxygen atoms in total. The molecule has 0 fully saturated rings. The van der Waals surface area contributed by atoms with E-state index in [2.05, 4.69) is 37.9 Å². The second-order valence-electron chi connectivity index (χ2n) is 7.23. The summed E-state index contributed by atoms with van der Waals surface area (Å²) in [6.45, 7) is 9.93. The summed E-state index contributed by atoms with van der Waals surface area (Å²) in [5.41, 5.74) is 6.22. The summed E-state index contributed by atoms with van der Waals surface area (Å²) in [5.74, 6) is 0.622. The zero-order valence-electron chi connectivity index (χ0n) is 16.8. The second-order valence-corrected chi connectivity index (χ2v) is 8.29. The Labute approximate surface area is 173 Å². The van der Waals surface area contributed by atoms with E-state index in [1.54, 1.807) is 18.4 Å². The zero-order valence-corrected chi connectivity index (χ0v) is 17.7. The highest BCUT2D eigenvalue weighted by molar-refractivity contribution is 7.09. The van der Waals surface area contributed by atoms with Gasteiger partial charge in [0.2, 0.25) is 0 Å². The van der Waals surface area contributed by atoms with Crippen LogP contribution in [0.3, 0.4) is 0 Å². The Bertz CT molecular complexity index is 1170. The molecule has 4 heterocycles. The van der Waals surface area contributed by atoms with Crippen molar-refractivity contribution in [3.8, 4) is 11.3 Å². The number of hydrogen-bond donors (Lipinski definition) is 0. The highest BCUT2D eigenvalue weighted by atomic mass is 32.1. The van der Waals surface area contributed by atoms with Crippen molar-refractivity contribution < 1.29 is 0 Å². The highest BCUT2D eigenvalue weighted by Crippen LogP contribution is 2.28. The van der Waals surface area contributed by atoms with Gasteiger partial charge in [0, 0.05) is 67.4 Å². The maximum atomic E-state index is 11.8. The van der Waals surface area contributed by atoms with E-state index in [0.717, 1.165) is 52.7 Å². The first-order chi connectivity index (χ1) is 13.9. The van der Waals surface area contributed by atoms with Crippen LogP contribution in [-0.4, -0.2) is 31.0 Å². The third-order valence-electron chi connectivity index (χ3n) is 5.24. The van der Waals surface area contributed by atoms with Crippen LogP contribution in [-0.2, 0) is 20.0 Å². The molecule has 0 unspecified atom stereocenters. The molecule has 0 N–H and O–H groups in total. The van der Waals surface area contributed by atoms with Crippen LogP contribution in [0.1, 0.15) is 29.0 Å². The Morgan fingerprint density at radius 3 is 2.93 bits per heavy atom. The van der Waals surface area contributed by atoms with Gasteiger partial charge in [0.1, 0.15) is 5.82 Å². The van der Waals surface area contributed by atoms with Gasteiger partial charge in [0.15, 0.2) is 0 Å². The van der Waals surface area contributed by atoms with E-state index in [-0.39, 0.29) is 5.56 Å². The number of aromatic nitrogens is 4. The number of aryl methyl sites for hydroxylation is 1. The van der Waals surface area contributed by atoms with Crippen LogP contribution < -0.4 is 5.56 Å². The minimum Gasteiger partial charge on any atom is -0.367 e. The molecule has 0 saturated carbocycles. The number of pyridine rings is 1. The number of thiazole rings is 1. The summed E-state index contributed by atoms with van der Waals surface area (Å²) >= 11 is 1.65. The minimum atomic E-state index is -0.0764. The molecule has 3 aromatic heterocycles. The Hall–Kier alpha value is -3.06. The Balaban J connectivity index is 1.57. The van der Waals surface area contributed by atoms with Crippen LogP contribution in [0, 0.1) is 6.92 Å². The van der Waals surface area contributed by atoms with Gasteiger partial charge < -0.3 is 4.90 Å². The van der Waals surface area contributed by atoms with Crippen molar-refractivity contribution >= 4 is 17.4 Å². The predicted molar refractivity (Wildman–Crippen MR) is 116 cm³/mol. The molecule has 29 heavy (non-hydrogen) atoms. The van der Waals surface area contributed by atoms with Gasteiger partial charge in [0.05, 0.1) is 10.7 Å². The fourth-order valence-corrected chi connectivity index (χ4v) is 4.06. The van der Waals surface area contributed by atoms with E-state index in [9.17, 15) is 4.79 Å². The quantitative estimate of drug-likeness (QED) is 0.621. The standard InChI is InChI=1S/C22H23N5OS/c1-14(9-21-23-7-5-22(28)26(21)4)15(2)27-8-6-19-18(12-27)10-17(11-24-19)20-13-29-16(3)25-20/h5,7,9-11,13H,2,6,8,12H2,1,3-4H3/b14-9-. The van der Waals surface area contributed by atoms with Crippen LogP contribution in [0.2, 0.25) is 0 Å². The Kier molecular flexibility index (Phi) is 5.15. The predicted octanol–water partition coefficient (Wildman–Crippen LogP) is 3.58. The lowest BCUT2D eigenvalue weighted by Gasteiger charge is -2.32. The van der Waals surface area contributed by atoms with Crippen LogP contribution in [0.5, 0.6) is 0 Å². The van der Waals surface area contributed by atoms with Crippen LogP contribution >= 0.6 is 11.3 Å². The van der Waals surface area contributed by atoms with E-state index < -0.39 is 0 Å². The number of hydrogen-bond acceptors (Lipinski definition) is 6. The summed E-state index contributed by atoms with van der Waals surface area (Å²) in [6.07, 6.45) is 6.24. The van der Waals surface area contributed by atoms with Crippen LogP contribution in [0.15, 0.2) is 52.6 Å². The fraction of sp³-hybridized carbons (Fsp3) is 0.273. The molecule has 0 aromatic carbocycles. The lowest BCUT2D eigenvalue weighted by Crippen LogP contribution is -2.30. The fourth-order valence-electron chi connectivity index (χ4n) is 3.44. The van der Waals surface area contributed by atoms with E-state index in [1.807, 2.05) is 26.1 Å². The maximum absolute atomic E-state index is 11.8. The molecule has 0 saturated heterocycles. The van der Waals surface area contributed by atoms with Crippen LogP contribution in [0.25, 0.3) is 17.3 Å². The molecule has 0 bridgehead atoms. The first-order valence-electron chi connectivity index (χ1n) is 9.47. The van der Waals surface area contributed by atoms with E-state index in [1.165, 1.54) is 22.4 Å². The maximum Gasteiger partial charge on any atom is 0.253 e. The van der Waals surface area contributed by atoms with Crippen molar-refractivity contribution in [2.75, 3.05) is 6.54 Å². The monoisotopic (exact) mass is 405 g/mol. The molecular formula is C22H23N5OS. The summed E-state index contributed by atoms with van der Waals surface area (Å²) in [6, 6.07) is 3.65. The van der Waals surface area contributed by atoms with Crippen molar-refractivity contribution in [1.82, 2.24) is 24.4 Å². The number of nitrogens with zero attached hydrogens (tertiary/aromatic N) is 5. The smallest absolute Gasteiger partial charge is 0.253 e. The van der Waals surface area contributed by atoms with Crippen molar-refractivity contribution in [2.24, 2.45) is 7.05 Å². The minimum absolute atomic E-state index is 0.0764. The van der Waals surface area contributed by atoms with Gasteiger partial charge in [-0.1, -0.05) is 6.58 Å². The first kappa shape index (κ1) is 19.3. The normalized spacial score (nSPS) is 14.0. The molecule has 0 spiro atoms. The summed E-state index contributed by atoms with van der Waals surface area (Å²) < 4.78 is 1.54. The average Bonchev–Trinajstić information content (AvgIpc) is 3.16. The molecular weight excluding hydrogens is 382 g/mol. The third-order valence-corrected chi connectivity index (χ3v) is 6.01. The van der Waals surface area contributed by atoms with Gasteiger partial charge in [0.25, 0.3) is 5.56 Å². The van der Waals surface area contributed by atoms with Gasteiger partial charge in [-0.15, -0.1) is 11.3 Å². The number of fused-ring (bicyclic) bond motifs is 1. The molecule has 0 atom stereocenters. The molecule has 4 rings (SSSR count). The Morgan fingerprint density at radius 2 is 2.17 bits per heavy atom. The summed E-state index contributed by atoms with van der Waals surface area (Å²) in [7, 11) is 1.72. The number of rotatable bonds is 4. The molecule has 0 radical (unpaired) electrons. The van der Waals surface area contributed by atoms with Gasteiger partial charge in [-0.05, 0) is 37.1 Å². The zero-order chi connectivity index (χ0) is 20.5. The van der Waals surface area contributed by atoms with Crippen LogP contribution in [0.4, 0.5) is 0 Å². The van der Waals surface area contributed by atoms with Gasteiger partial charge in [-0.3, -0.25) is 14.3 Å². The van der Waals surface area contributed by atoms with Crippen molar-refractivity contribution in [3.05, 3.63) is 80.2 Å². The molecule has 1 aliphatic heterocycles. The largest absolute Gasteiger partial charge is 0.367 e. The van der Waals surface area contributed by atoms with E-state index >= 15 is 0 Å². The molecule has 0 amide bonds. The first-order valence-corrected chi connectivity index (χ1v) is 10.3. The van der Waals surface area contributed by atoms with Crippen molar-refractivity contribution in [2.45, 2.75) is 26.8 Å². The molecule has 1 aliphatic rings. The molecule has 7 heteroatoms. The topological polar surface area (TPSA) is 63.9 Å². The average molecular weight is 406 g/mol. The van der Waals surface area contributed by atoms with Gasteiger partial charge in [-0.2, -0.15) is 0 Å². The van der Waals surface area contributed by atoms with Gasteiger partial charge >= 0.3 is 0 Å². The van der Waals surface area contributed by atoms with E-state index in [4.69, 9.17) is 0 Å². The second kappa shape index (κ2) is 7.75. The van der Waals surface area contributed by atoms with Gasteiger partial charge in [-0.25, -0.2) is 9.97 Å². The Morgan fingerprint density at radius 1 is 1.34 bits per heavy atom. The van der Waals surface area contributed by atoms with Crippen molar-refractivity contribution in [1.29, 1.82) is 0 Å². The van der Waals surface area contributed by atoms with E-state index in [0.29, 0.717) is 5.82 Å². The molecule has 0 aliphatic carbocycles. The summed E-state index contributed by atoms with van der Waals surface area (Å²) in [5, 5.41) is 3.12. The highest BCUT2D eigenvalue weighted by Gasteiger charge is 2.20. The van der Waals surface area contributed by atoms with Crippen molar-refractivity contribution in [3.63, 3.8) is 0 Å². The summed E-state index contributed by atoms with van der Waals surface area (Å²) in [4.78, 5) is 27.6. The molecule has 148 valence electrons. The SMILES string of the molecule is C=C(/C(C)=C\c1nccc(=O)n1C)N1CCc2ncc(-c3csc(C)n3)cc2C1. The lowest BCUT2D eigenvalue weighted by molar-refractivity contribution is 0.326. The molecule has 3 aromatic rings. The number of allylic oxidation sites excluding steroid dienone is 1. The lowest BCUT2D eigenvalue weighted by atomic mass is 10.0.